The molecular formula is C12H12F3N2O5P. The van der Waals surface area contributed by atoms with Crippen LogP contribution in [0.2, 0.25) is 0 Å². The second-order valence-electron chi connectivity index (χ2n) is 4.61. The Bertz CT molecular complexity index is 652. The van der Waals surface area contributed by atoms with Gasteiger partial charge in [-0.1, -0.05) is 0 Å². The first kappa shape index (κ1) is 17.1. The van der Waals surface area contributed by atoms with E-state index in [9.17, 15) is 27.3 Å². The predicted molar refractivity (Wildman–Crippen MR) is 71.5 cm³/mol. The van der Waals surface area contributed by atoms with Crippen LogP contribution < -0.4 is 9.26 Å². The lowest BCUT2D eigenvalue weighted by Crippen LogP contribution is -2.44. The van der Waals surface area contributed by atoms with Crippen molar-refractivity contribution in [2.75, 3.05) is 14.1 Å². The van der Waals surface area contributed by atoms with Crippen LogP contribution in [0.1, 0.15) is 6.42 Å². The fourth-order valence-corrected chi connectivity index (χ4v) is 3.55. The van der Waals surface area contributed by atoms with E-state index < -0.39 is 38.0 Å². The van der Waals surface area contributed by atoms with E-state index >= 15 is 0 Å². The lowest BCUT2D eigenvalue weighted by molar-refractivity contribution is -0.274. The molecule has 1 saturated heterocycles. The molecule has 1 aromatic rings. The van der Waals surface area contributed by atoms with Gasteiger partial charge >= 0.3 is 14.0 Å². The molecule has 0 N–H and O–H groups in total. The largest absolute Gasteiger partial charge is 0.573 e. The van der Waals surface area contributed by atoms with E-state index in [0.29, 0.717) is 0 Å². The third kappa shape index (κ3) is 3.58. The quantitative estimate of drug-likeness (QED) is 0.617. The van der Waals surface area contributed by atoms with E-state index in [1.54, 1.807) is 0 Å². The Hall–Kier alpha value is -2.22. The number of carbonyl (C=O) groups excluding carboxylic acids is 2. The summed E-state index contributed by atoms with van der Waals surface area (Å²) < 4.78 is 59.6. The second-order valence-corrected chi connectivity index (χ2v) is 6.98. The van der Waals surface area contributed by atoms with Crippen molar-refractivity contribution in [2.24, 2.45) is 0 Å². The van der Waals surface area contributed by atoms with Gasteiger partial charge in [0.15, 0.2) is 0 Å². The van der Waals surface area contributed by atoms with Gasteiger partial charge in [-0.25, -0.2) is 13.9 Å². The van der Waals surface area contributed by atoms with Gasteiger partial charge in [0.2, 0.25) is 11.8 Å². The molecule has 7 nitrogen and oxygen atoms in total. The van der Waals surface area contributed by atoms with Crippen molar-refractivity contribution in [3.8, 4) is 11.5 Å². The number of hydrogen-bond donors (Lipinski definition) is 0. The SMILES string of the molecule is CN1C(=O)CC(=O)N(C)P1(=O)Oc1ccc(OC(F)(F)F)cc1. The van der Waals surface area contributed by atoms with Crippen LogP contribution in [0.5, 0.6) is 11.5 Å². The maximum atomic E-state index is 12.8. The summed E-state index contributed by atoms with van der Waals surface area (Å²) in [5, 5.41) is 0. The summed E-state index contributed by atoms with van der Waals surface area (Å²) in [5.74, 6) is -1.91. The molecule has 126 valence electrons. The van der Waals surface area contributed by atoms with Crippen molar-refractivity contribution in [1.29, 1.82) is 0 Å². The average molecular weight is 352 g/mol. The second kappa shape index (κ2) is 5.77. The zero-order valence-electron chi connectivity index (χ0n) is 12.0. The number of ether oxygens (including phenoxy) is 1. The van der Waals surface area contributed by atoms with Crippen molar-refractivity contribution in [1.82, 2.24) is 9.34 Å². The maximum absolute atomic E-state index is 12.8. The zero-order chi connectivity index (χ0) is 17.4. The van der Waals surface area contributed by atoms with Crippen molar-refractivity contribution in [2.45, 2.75) is 12.8 Å². The molecule has 23 heavy (non-hydrogen) atoms. The molecule has 1 aliphatic rings. The zero-order valence-corrected chi connectivity index (χ0v) is 12.9. The lowest BCUT2D eigenvalue weighted by atomic mass is 10.3. The van der Waals surface area contributed by atoms with Gasteiger partial charge in [-0.05, 0) is 24.3 Å². The molecule has 1 heterocycles. The standard InChI is InChI=1S/C12H12F3N2O5P/c1-16-10(18)7-11(19)17(2)23(16,20)22-9-5-3-8(4-6-9)21-12(13,14)15/h3-6H,7H2,1-2H3. The van der Waals surface area contributed by atoms with Gasteiger partial charge in [0.1, 0.15) is 17.9 Å². The highest BCUT2D eigenvalue weighted by Crippen LogP contribution is 2.55. The Labute approximate surface area is 129 Å². The van der Waals surface area contributed by atoms with Gasteiger partial charge in [-0.15, -0.1) is 13.2 Å². The molecule has 1 aliphatic heterocycles. The third-order valence-corrected chi connectivity index (χ3v) is 5.48. The van der Waals surface area contributed by atoms with Crippen LogP contribution >= 0.6 is 7.67 Å². The molecule has 2 amide bonds. The van der Waals surface area contributed by atoms with Crippen LogP contribution in [-0.4, -0.2) is 41.6 Å². The number of benzene rings is 1. The fourth-order valence-electron chi connectivity index (χ4n) is 1.80. The Morgan fingerprint density at radius 1 is 1.00 bits per heavy atom. The molecular weight excluding hydrogens is 340 g/mol. The van der Waals surface area contributed by atoms with Crippen molar-refractivity contribution in [3.63, 3.8) is 0 Å². The molecule has 0 saturated carbocycles. The number of carbonyl (C=O) groups is 2. The van der Waals surface area contributed by atoms with E-state index in [2.05, 4.69) is 4.74 Å². The van der Waals surface area contributed by atoms with Crippen molar-refractivity contribution >= 4 is 19.5 Å². The highest BCUT2D eigenvalue weighted by molar-refractivity contribution is 7.56. The highest BCUT2D eigenvalue weighted by atomic mass is 31.2. The van der Waals surface area contributed by atoms with Gasteiger partial charge in [0.25, 0.3) is 0 Å². The van der Waals surface area contributed by atoms with E-state index in [0.717, 1.165) is 33.6 Å². The van der Waals surface area contributed by atoms with E-state index in [-0.39, 0.29) is 5.75 Å². The van der Waals surface area contributed by atoms with Crippen molar-refractivity contribution in [3.05, 3.63) is 24.3 Å². The number of rotatable bonds is 3. The normalized spacial score (nSPS) is 18.1. The van der Waals surface area contributed by atoms with Gasteiger partial charge < -0.3 is 9.26 Å². The molecule has 0 aromatic heterocycles. The summed E-state index contributed by atoms with van der Waals surface area (Å²) in [6.07, 6.45) is -5.27. The minimum atomic E-state index is -4.84. The summed E-state index contributed by atoms with van der Waals surface area (Å²) in [6, 6.07) is 4.10. The maximum Gasteiger partial charge on any atom is 0.573 e. The molecule has 1 fully saturated rings. The lowest BCUT2D eigenvalue weighted by Gasteiger charge is -2.37. The molecule has 0 radical (unpaired) electrons. The highest BCUT2D eigenvalue weighted by Gasteiger charge is 2.47. The van der Waals surface area contributed by atoms with Crippen LogP contribution in [-0.2, 0) is 14.2 Å². The molecule has 0 atom stereocenters. The van der Waals surface area contributed by atoms with E-state index in [1.165, 1.54) is 14.1 Å². The Morgan fingerprint density at radius 2 is 1.43 bits per heavy atom. The van der Waals surface area contributed by atoms with Crippen LogP contribution in [0.15, 0.2) is 24.3 Å². The summed E-state index contributed by atoms with van der Waals surface area (Å²) in [5.41, 5.74) is 0. The molecule has 2 rings (SSSR count). The summed E-state index contributed by atoms with van der Waals surface area (Å²) >= 11 is 0. The molecule has 11 heteroatoms. The van der Waals surface area contributed by atoms with Gasteiger partial charge in [-0.3, -0.25) is 9.59 Å². The predicted octanol–water partition coefficient (Wildman–Crippen LogP) is 2.39. The Morgan fingerprint density at radius 3 is 1.87 bits per heavy atom. The average Bonchev–Trinajstić information content (AvgIpc) is 2.44. The van der Waals surface area contributed by atoms with Gasteiger partial charge in [0.05, 0.1) is 0 Å². The number of nitrogens with zero attached hydrogens (tertiary/aromatic N) is 2. The smallest absolute Gasteiger partial charge is 0.414 e. The van der Waals surface area contributed by atoms with Crippen molar-refractivity contribution < 1.29 is 36.6 Å². The van der Waals surface area contributed by atoms with Crippen LogP contribution in [0.3, 0.4) is 0 Å². The monoisotopic (exact) mass is 352 g/mol. The van der Waals surface area contributed by atoms with E-state index in [1.807, 2.05) is 0 Å². The minimum Gasteiger partial charge on any atom is -0.414 e. The van der Waals surface area contributed by atoms with Crippen LogP contribution in [0.25, 0.3) is 0 Å². The third-order valence-electron chi connectivity index (χ3n) is 3.06. The van der Waals surface area contributed by atoms with Gasteiger partial charge in [0, 0.05) is 14.1 Å². The molecule has 0 bridgehead atoms. The molecule has 1 aromatic carbocycles. The first-order valence-electron chi connectivity index (χ1n) is 6.22. The summed E-state index contributed by atoms with van der Waals surface area (Å²) in [4.78, 5) is 23.3. The van der Waals surface area contributed by atoms with Gasteiger partial charge in [-0.2, -0.15) is 0 Å². The number of alkyl halides is 3. The summed E-state index contributed by atoms with van der Waals surface area (Å²) in [7, 11) is -1.55. The molecule has 0 aliphatic carbocycles. The summed E-state index contributed by atoms with van der Waals surface area (Å²) in [6.45, 7) is 0. The fraction of sp³-hybridized carbons (Fsp3) is 0.333. The van der Waals surface area contributed by atoms with Crippen LogP contribution in [0.4, 0.5) is 13.2 Å². The van der Waals surface area contributed by atoms with E-state index in [4.69, 9.17) is 4.52 Å². The first-order valence-corrected chi connectivity index (χ1v) is 7.75. The topological polar surface area (TPSA) is 76.2 Å². The molecule has 0 spiro atoms. The number of hydrogen-bond acceptors (Lipinski definition) is 5. The first-order chi connectivity index (χ1) is 10.5. The molecule has 0 unspecified atom stereocenters. The minimum absolute atomic E-state index is 0.0796. The number of halogens is 3. The Balaban J connectivity index is 2.21. The number of amides is 2. The Kier molecular flexibility index (Phi) is 4.30. The van der Waals surface area contributed by atoms with Crippen LogP contribution in [0, 0.1) is 0 Å².